The number of hydrogen-bond acceptors (Lipinski definition) is 4. The number of rotatable bonds is 5. The average molecular weight is 252 g/mol. The molecule has 0 aliphatic carbocycles. The van der Waals surface area contributed by atoms with Gasteiger partial charge in [0.15, 0.2) is 0 Å². The lowest BCUT2D eigenvalue weighted by Crippen LogP contribution is -2.23. The topological polar surface area (TPSA) is 66.6 Å². The second kappa shape index (κ2) is 5.82. The lowest BCUT2D eigenvalue weighted by molar-refractivity contribution is -0.384. The molecule has 5 nitrogen and oxygen atoms in total. The monoisotopic (exact) mass is 252 g/mol. The van der Waals surface area contributed by atoms with Crippen molar-refractivity contribution in [3.8, 4) is 0 Å². The minimum Gasteiger partial charge on any atom is -0.389 e. The first-order valence-electron chi connectivity index (χ1n) is 6.00. The Morgan fingerprint density at radius 3 is 2.44 bits per heavy atom. The van der Waals surface area contributed by atoms with Gasteiger partial charge >= 0.3 is 0 Å². The van der Waals surface area contributed by atoms with E-state index in [0.29, 0.717) is 17.2 Å². The van der Waals surface area contributed by atoms with E-state index in [1.54, 1.807) is 19.1 Å². The molecule has 0 aromatic heterocycles. The molecule has 1 aromatic carbocycles. The van der Waals surface area contributed by atoms with Crippen LogP contribution in [0.1, 0.15) is 32.4 Å². The van der Waals surface area contributed by atoms with Crippen molar-refractivity contribution in [2.75, 3.05) is 18.5 Å². The van der Waals surface area contributed by atoms with Gasteiger partial charge in [-0.1, -0.05) is 19.9 Å². The van der Waals surface area contributed by atoms with E-state index < -0.39 is 11.0 Å². The molecule has 0 aliphatic rings. The highest BCUT2D eigenvalue weighted by Crippen LogP contribution is 2.30. The number of aliphatic hydroxyl groups excluding tert-OH is 1. The number of nitro benzene ring substituents is 1. The van der Waals surface area contributed by atoms with Crippen LogP contribution in [0.5, 0.6) is 0 Å². The minimum absolute atomic E-state index is 0.0385. The van der Waals surface area contributed by atoms with Gasteiger partial charge in [-0.15, -0.1) is 0 Å². The summed E-state index contributed by atoms with van der Waals surface area (Å²) in [5, 5.41) is 20.6. The number of hydrogen-bond donors (Lipinski definition) is 1. The zero-order valence-corrected chi connectivity index (χ0v) is 11.3. The standard InChI is InChI=1S/C13H20N2O3/c1-9(2)8-14(4)12-6-5-11(10(3)16)7-13(12)15(17)18/h5-7,9-10,16H,8H2,1-4H3/t10-/m0/s1. The Hall–Kier alpha value is -1.62. The van der Waals surface area contributed by atoms with Crippen molar-refractivity contribution in [1.82, 2.24) is 0 Å². The lowest BCUT2D eigenvalue weighted by atomic mass is 10.1. The van der Waals surface area contributed by atoms with Crippen molar-refractivity contribution in [2.24, 2.45) is 5.92 Å². The molecule has 100 valence electrons. The van der Waals surface area contributed by atoms with E-state index in [2.05, 4.69) is 13.8 Å². The molecular weight excluding hydrogens is 232 g/mol. The first kappa shape index (κ1) is 14.4. The van der Waals surface area contributed by atoms with Gasteiger partial charge in [0.05, 0.1) is 11.0 Å². The quantitative estimate of drug-likeness (QED) is 0.646. The molecule has 1 rings (SSSR count). The fourth-order valence-corrected chi connectivity index (χ4v) is 1.92. The van der Waals surface area contributed by atoms with Gasteiger partial charge < -0.3 is 10.0 Å². The largest absolute Gasteiger partial charge is 0.389 e. The van der Waals surface area contributed by atoms with E-state index in [1.807, 2.05) is 11.9 Å². The maximum absolute atomic E-state index is 11.1. The summed E-state index contributed by atoms with van der Waals surface area (Å²) in [6.45, 7) is 6.46. The fourth-order valence-electron chi connectivity index (χ4n) is 1.92. The van der Waals surface area contributed by atoms with Crippen molar-refractivity contribution in [2.45, 2.75) is 26.9 Å². The summed E-state index contributed by atoms with van der Waals surface area (Å²) in [5.41, 5.74) is 1.18. The highest BCUT2D eigenvalue weighted by molar-refractivity contribution is 5.64. The van der Waals surface area contributed by atoms with Crippen LogP contribution in [-0.4, -0.2) is 23.6 Å². The third-order valence-corrected chi connectivity index (χ3v) is 2.73. The van der Waals surface area contributed by atoms with Gasteiger partial charge in [-0.05, 0) is 24.5 Å². The molecule has 1 atom stereocenters. The Morgan fingerprint density at radius 2 is 2.00 bits per heavy atom. The fraction of sp³-hybridized carbons (Fsp3) is 0.538. The Balaban J connectivity index is 3.15. The Bertz CT molecular complexity index is 430. The zero-order chi connectivity index (χ0) is 13.9. The Labute approximate surface area is 107 Å². The molecule has 0 unspecified atom stereocenters. The summed E-state index contributed by atoms with van der Waals surface area (Å²) in [5.74, 6) is 0.422. The average Bonchev–Trinajstić information content (AvgIpc) is 2.26. The normalized spacial score (nSPS) is 12.6. The zero-order valence-electron chi connectivity index (χ0n) is 11.3. The maximum Gasteiger partial charge on any atom is 0.292 e. The van der Waals surface area contributed by atoms with E-state index in [1.165, 1.54) is 6.07 Å². The second-order valence-corrected chi connectivity index (χ2v) is 4.96. The molecule has 0 aliphatic heterocycles. The van der Waals surface area contributed by atoms with Crippen LogP contribution in [0.2, 0.25) is 0 Å². The maximum atomic E-state index is 11.1. The van der Waals surface area contributed by atoms with Crippen LogP contribution in [0, 0.1) is 16.0 Å². The summed E-state index contributed by atoms with van der Waals surface area (Å²) >= 11 is 0. The summed E-state index contributed by atoms with van der Waals surface area (Å²) in [6, 6.07) is 4.86. The van der Waals surface area contributed by atoms with Gasteiger partial charge in [0, 0.05) is 19.7 Å². The molecular formula is C13H20N2O3. The van der Waals surface area contributed by atoms with Crippen molar-refractivity contribution in [3.05, 3.63) is 33.9 Å². The molecule has 0 heterocycles. The highest BCUT2D eigenvalue weighted by Gasteiger charge is 2.19. The predicted octanol–water partition coefficient (Wildman–Crippen LogP) is 2.74. The van der Waals surface area contributed by atoms with E-state index in [9.17, 15) is 15.2 Å². The van der Waals surface area contributed by atoms with E-state index >= 15 is 0 Å². The van der Waals surface area contributed by atoms with Crippen LogP contribution in [0.25, 0.3) is 0 Å². The molecule has 0 saturated heterocycles. The number of nitrogens with zero attached hydrogens (tertiary/aromatic N) is 2. The van der Waals surface area contributed by atoms with Gasteiger partial charge in [0.25, 0.3) is 5.69 Å². The third kappa shape index (κ3) is 3.43. The SMILES string of the molecule is CC(C)CN(C)c1ccc([C@H](C)O)cc1[N+](=O)[O-]. The van der Waals surface area contributed by atoms with Gasteiger partial charge in [-0.25, -0.2) is 0 Å². The lowest BCUT2D eigenvalue weighted by Gasteiger charge is -2.21. The van der Waals surface area contributed by atoms with Crippen molar-refractivity contribution >= 4 is 11.4 Å². The van der Waals surface area contributed by atoms with Crippen LogP contribution >= 0.6 is 0 Å². The van der Waals surface area contributed by atoms with Crippen molar-refractivity contribution < 1.29 is 10.0 Å². The van der Waals surface area contributed by atoms with Gasteiger partial charge in [-0.2, -0.15) is 0 Å². The van der Waals surface area contributed by atoms with E-state index in [-0.39, 0.29) is 5.69 Å². The Kier molecular flexibility index (Phi) is 4.67. The molecule has 0 saturated carbocycles. The molecule has 0 spiro atoms. The molecule has 1 aromatic rings. The summed E-state index contributed by atoms with van der Waals surface area (Å²) in [6.07, 6.45) is -0.701. The van der Waals surface area contributed by atoms with E-state index in [0.717, 1.165) is 6.54 Å². The molecule has 0 bridgehead atoms. The smallest absolute Gasteiger partial charge is 0.292 e. The number of benzene rings is 1. The third-order valence-electron chi connectivity index (χ3n) is 2.73. The second-order valence-electron chi connectivity index (χ2n) is 4.96. The molecule has 1 N–H and O–H groups in total. The van der Waals surface area contributed by atoms with Gasteiger partial charge in [0.2, 0.25) is 0 Å². The first-order chi connectivity index (χ1) is 8.32. The van der Waals surface area contributed by atoms with Gasteiger partial charge in [-0.3, -0.25) is 10.1 Å². The van der Waals surface area contributed by atoms with E-state index in [4.69, 9.17) is 0 Å². The number of anilines is 1. The summed E-state index contributed by atoms with van der Waals surface area (Å²) in [4.78, 5) is 12.5. The van der Waals surface area contributed by atoms with Crippen LogP contribution < -0.4 is 4.90 Å². The first-order valence-corrected chi connectivity index (χ1v) is 6.00. The minimum atomic E-state index is -0.701. The summed E-state index contributed by atoms with van der Waals surface area (Å²) in [7, 11) is 1.84. The number of aliphatic hydroxyl groups is 1. The van der Waals surface area contributed by atoms with Crippen LogP contribution in [0.3, 0.4) is 0 Å². The van der Waals surface area contributed by atoms with Gasteiger partial charge in [0.1, 0.15) is 5.69 Å². The molecule has 5 heteroatoms. The molecule has 0 radical (unpaired) electrons. The van der Waals surface area contributed by atoms with Crippen LogP contribution in [-0.2, 0) is 0 Å². The highest BCUT2D eigenvalue weighted by atomic mass is 16.6. The predicted molar refractivity (Wildman–Crippen MR) is 71.8 cm³/mol. The summed E-state index contributed by atoms with van der Waals surface area (Å²) < 4.78 is 0. The molecule has 0 fully saturated rings. The van der Waals surface area contributed by atoms with Crippen molar-refractivity contribution in [1.29, 1.82) is 0 Å². The van der Waals surface area contributed by atoms with Crippen molar-refractivity contribution in [3.63, 3.8) is 0 Å². The van der Waals surface area contributed by atoms with Crippen LogP contribution in [0.4, 0.5) is 11.4 Å². The number of nitro groups is 1. The Morgan fingerprint density at radius 1 is 1.39 bits per heavy atom. The van der Waals surface area contributed by atoms with Crippen LogP contribution in [0.15, 0.2) is 18.2 Å². The molecule has 18 heavy (non-hydrogen) atoms. The molecule has 0 amide bonds.